The van der Waals surface area contributed by atoms with Crippen LogP contribution in [-0.2, 0) is 14.3 Å². The Kier molecular flexibility index (Phi) is 4.54. The highest BCUT2D eigenvalue weighted by atomic mass is 16.5. The molecule has 2 fully saturated rings. The summed E-state index contributed by atoms with van der Waals surface area (Å²) in [5.41, 5.74) is -0.832. The molecule has 3 aliphatic rings. The lowest BCUT2D eigenvalue weighted by molar-refractivity contribution is -0.222. The number of carboxylic acids is 1. The normalized spacial score (nSPS) is 41.8. The van der Waals surface area contributed by atoms with Gasteiger partial charge in [-0.25, -0.2) is 4.79 Å². The van der Waals surface area contributed by atoms with Crippen LogP contribution in [0.1, 0.15) is 73.1 Å². The molecule has 0 saturated heterocycles. The van der Waals surface area contributed by atoms with E-state index in [1.165, 1.54) is 6.92 Å². The predicted octanol–water partition coefficient (Wildman–Crippen LogP) is 3.70. The van der Waals surface area contributed by atoms with Crippen molar-refractivity contribution < 1.29 is 24.5 Å². The summed E-state index contributed by atoms with van der Waals surface area (Å²) < 4.78 is 5.72. The molecule has 26 heavy (non-hydrogen) atoms. The predicted molar refractivity (Wildman–Crippen MR) is 97.4 cm³/mol. The summed E-state index contributed by atoms with van der Waals surface area (Å²) in [5, 5.41) is 21.6. The quantitative estimate of drug-likeness (QED) is 0.730. The second-order valence-electron chi connectivity index (χ2n) is 9.65. The van der Waals surface area contributed by atoms with Gasteiger partial charge < -0.3 is 14.9 Å². The fourth-order valence-electron chi connectivity index (χ4n) is 6.95. The number of carbonyl (C=O) groups excluding carboxylic acids is 1. The number of hydrogen-bond acceptors (Lipinski definition) is 4. The van der Waals surface area contributed by atoms with Gasteiger partial charge in [0.15, 0.2) is 0 Å². The molecule has 3 rings (SSSR count). The maximum Gasteiger partial charge on any atom is 0.334 e. The highest BCUT2D eigenvalue weighted by molar-refractivity contribution is 5.90. The molecule has 0 aromatic rings. The van der Waals surface area contributed by atoms with Crippen LogP contribution in [0.2, 0.25) is 0 Å². The summed E-state index contributed by atoms with van der Waals surface area (Å²) in [6.07, 6.45) is 4.23. The standard InChI is InChI=1S/C21H32O5/c1-12-7-8-15-20(5)10-6-9-19(3,4)17(20)14(26-13(2)22)11-21(15,25)16(12)18(23)24/h14-15,17,25H,6-11H2,1-5H3,(H,23,24)/t14-,15+,17-,20+,21+/m1/s1. The molecule has 5 heteroatoms. The molecule has 5 nitrogen and oxygen atoms in total. The number of allylic oxidation sites excluding steroid dienone is 1. The monoisotopic (exact) mass is 364 g/mol. The highest BCUT2D eigenvalue weighted by Crippen LogP contribution is 2.66. The van der Waals surface area contributed by atoms with E-state index in [-0.39, 0.29) is 40.6 Å². The minimum atomic E-state index is -1.44. The van der Waals surface area contributed by atoms with Crippen molar-refractivity contribution in [2.75, 3.05) is 0 Å². The van der Waals surface area contributed by atoms with E-state index in [0.29, 0.717) is 6.42 Å². The van der Waals surface area contributed by atoms with E-state index in [1.54, 1.807) is 6.92 Å². The van der Waals surface area contributed by atoms with Crippen molar-refractivity contribution in [3.63, 3.8) is 0 Å². The first-order chi connectivity index (χ1) is 11.9. The Morgan fingerprint density at radius 2 is 1.85 bits per heavy atom. The van der Waals surface area contributed by atoms with Crippen LogP contribution in [0.3, 0.4) is 0 Å². The molecular weight excluding hydrogens is 332 g/mol. The van der Waals surface area contributed by atoms with Crippen LogP contribution in [0.5, 0.6) is 0 Å². The number of hydrogen-bond donors (Lipinski definition) is 2. The van der Waals surface area contributed by atoms with E-state index in [4.69, 9.17) is 4.74 Å². The zero-order chi connectivity index (χ0) is 19.5. The van der Waals surface area contributed by atoms with Crippen LogP contribution in [0, 0.1) is 22.7 Å². The molecule has 5 atom stereocenters. The van der Waals surface area contributed by atoms with Gasteiger partial charge in [0.2, 0.25) is 0 Å². The van der Waals surface area contributed by atoms with Gasteiger partial charge >= 0.3 is 11.9 Å². The molecule has 0 heterocycles. The Bertz CT molecular complexity index is 663. The lowest BCUT2D eigenvalue weighted by atomic mass is 9.42. The number of aliphatic hydroxyl groups is 1. The van der Waals surface area contributed by atoms with Gasteiger partial charge in [-0.05, 0) is 49.4 Å². The molecule has 2 N–H and O–H groups in total. The zero-order valence-electron chi connectivity index (χ0n) is 16.6. The molecule has 0 unspecified atom stereocenters. The van der Waals surface area contributed by atoms with Gasteiger partial charge in [0.1, 0.15) is 11.7 Å². The summed E-state index contributed by atoms with van der Waals surface area (Å²) in [5.74, 6) is -1.42. The molecule has 0 spiro atoms. The fraction of sp³-hybridized carbons (Fsp3) is 0.810. The van der Waals surface area contributed by atoms with Crippen molar-refractivity contribution in [3.8, 4) is 0 Å². The second kappa shape index (κ2) is 6.08. The molecule has 0 aromatic carbocycles. The Labute approximate surface area is 155 Å². The Hall–Kier alpha value is -1.36. The summed E-state index contributed by atoms with van der Waals surface area (Å²) in [6.45, 7) is 9.82. The van der Waals surface area contributed by atoms with Gasteiger partial charge in [-0.1, -0.05) is 32.8 Å². The van der Waals surface area contributed by atoms with E-state index < -0.39 is 17.7 Å². The van der Waals surface area contributed by atoms with Crippen LogP contribution in [0.25, 0.3) is 0 Å². The Morgan fingerprint density at radius 3 is 2.42 bits per heavy atom. The highest BCUT2D eigenvalue weighted by Gasteiger charge is 2.66. The number of carbonyl (C=O) groups is 2. The van der Waals surface area contributed by atoms with Crippen molar-refractivity contribution in [1.29, 1.82) is 0 Å². The van der Waals surface area contributed by atoms with E-state index >= 15 is 0 Å². The summed E-state index contributed by atoms with van der Waals surface area (Å²) >= 11 is 0. The molecule has 2 saturated carbocycles. The van der Waals surface area contributed by atoms with E-state index in [2.05, 4.69) is 20.8 Å². The molecule has 3 aliphatic carbocycles. The number of carboxylic acid groups (broad SMARTS) is 1. The van der Waals surface area contributed by atoms with E-state index in [9.17, 15) is 19.8 Å². The molecule has 0 bridgehead atoms. The SMILES string of the molecule is CC(=O)O[C@@H]1C[C@@]2(O)C(C(=O)O)=C(C)CC[C@H]2[C@]2(C)CCCC(C)(C)[C@@H]12. The van der Waals surface area contributed by atoms with E-state index in [1.807, 2.05) is 0 Å². The smallest absolute Gasteiger partial charge is 0.334 e. The Morgan fingerprint density at radius 1 is 1.19 bits per heavy atom. The number of ether oxygens (including phenoxy) is 1. The van der Waals surface area contributed by atoms with E-state index in [0.717, 1.165) is 31.3 Å². The number of esters is 1. The first kappa shape index (κ1) is 19.4. The zero-order valence-corrected chi connectivity index (χ0v) is 16.6. The maximum absolute atomic E-state index is 12.0. The summed E-state index contributed by atoms with van der Waals surface area (Å²) in [4.78, 5) is 23.8. The van der Waals surface area contributed by atoms with Crippen LogP contribution in [-0.4, -0.2) is 33.9 Å². The fourth-order valence-corrected chi connectivity index (χ4v) is 6.95. The van der Waals surface area contributed by atoms with Crippen molar-refractivity contribution in [2.24, 2.45) is 22.7 Å². The van der Waals surface area contributed by atoms with Crippen LogP contribution in [0.15, 0.2) is 11.1 Å². The number of rotatable bonds is 2. The third-order valence-corrected chi connectivity index (χ3v) is 7.54. The number of fused-ring (bicyclic) bond motifs is 3. The largest absolute Gasteiger partial charge is 0.478 e. The lowest BCUT2D eigenvalue weighted by Crippen LogP contribution is -2.66. The molecule has 0 aliphatic heterocycles. The van der Waals surface area contributed by atoms with Crippen molar-refractivity contribution in [1.82, 2.24) is 0 Å². The second-order valence-corrected chi connectivity index (χ2v) is 9.65. The van der Waals surface area contributed by atoms with Gasteiger partial charge in [-0.3, -0.25) is 4.79 Å². The van der Waals surface area contributed by atoms with Gasteiger partial charge in [-0.15, -0.1) is 0 Å². The molecule has 0 radical (unpaired) electrons. The first-order valence-corrected chi connectivity index (χ1v) is 9.76. The summed E-state index contributed by atoms with van der Waals surface area (Å²) in [6, 6.07) is 0. The van der Waals surface area contributed by atoms with Crippen molar-refractivity contribution in [3.05, 3.63) is 11.1 Å². The third-order valence-electron chi connectivity index (χ3n) is 7.54. The Balaban J connectivity index is 2.17. The average molecular weight is 364 g/mol. The lowest BCUT2D eigenvalue weighted by Gasteiger charge is -2.64. The van der Waals surface area contributed by atoms with Gasteiger partial charge in [-0.2, -0.15) is 0 Å². The van der Waals surface area contributed by atoms with Gasteiger partial charge in [0.05, 0.1) is 5.57 Å². The number of aliphatic carboxylic acids is 1. The molecule has 0 amide bonds. The van der Waals surface area contributed by atoms with Gasteiger partial charge in [0, 0.05) is 19.3 Å². The minimum Gasteiger partial charge on any atom is -0.478 e. The van der Waals surface area contributed by atoms with Crippen LogP contribution >= 0.6 is 0 Å². The first-order valence-electron chi connectivity index (χ1n) is 9.76. The van der Waals surface area contributed by atoms with Gasteiger partial charge in [0.25, 0.3) is 0 Å². The van der Waals surface area contributed by atoms with Crippen molar-refractivity contribution >= 4 is 11.9 Å². The molecule has 146 valence electrons. The third kappa shape index (κ3) is 2.70. The minimum absolute atomic E-state index is 0.0198. The molecule has 0 aromatic heterocycles. The molecular formula is C21H32O5. The topological polar surface area (TPSA) is 83.8 Å². The maximum atomic E-state index is 12.0. The van der Waals surface area contributed by atoms with Crippen LogP contribution in [0.4, 0.5) is 0 Å². The summed E-state index contributed by atoms with van der Waals surface area (Å²) in [7, 11) is 0. The van der Waals surface area contributed by atoms with Crippen LogP contribution < -0.4 is 0 Å². The average Bonchev–Trinajstić information content (AvgIpc) is 2.43. The van der Waals surface area contributed by atoms with Crippen molar-refractivity contribution in [2.45, 2.75) is 84.8 Å².